The van der Waals surface area contributed by atoms with E-state index in [9.17, 15) is 13.2 Å². The summed E-state index contributed by atoms with van der Waals surface area (Å²) >= 11 is 0. The summed E-state index contributed by atoms with van der Waals surface area (Å²) in [6, 6.07) is -0.234. The van der Waals surface area contributed by atoms with Crippen LogP contribution in [0.1, 0.15) is 6.92 Å². The number of halogens is 3. The Morgan fingerprint density at radius 1 is 1.58 bits per heavy atom. The standard InChI is InChI=1S/C7H12F3NO/c1-3-5(2)11-4-6(12)7(8,9)10/h3,5-6,11-12H,1,4H2,2H3. The predicted molar refractivity (Wildman–Crippen MR) is 39.7 cm³/mol. The lowest BCUT2D eigenvalue weighted by Gasteiger charge is -2.16. The zero-order valence-corrected chi connectivity index (χ0v) is 6.73. The molecule has 0 aliphatic heterocycles. The van der Waals surface area contributed by atoms with Crippen LogP contribution in [0.15, 0.2) is 12.7 Å². The van der Waals surface area contributed by atoms with E-state index in [1.807, 2.05) is 0 Å². The number of rotatable bonds is 4. The second-order valence-electron chi connectivity index (χ2n) is 2.49. The number of aliphatic hydroxyl groups excluding tert-OH is 1. The summed E-state index contributed by atoms with van der Waals surface area (Å²) in [7, 11) is 0. The van der Waals surface area contributed by atoms with Crippen molar-refractivity contribution in [2.75, 3.05) is 6.54 Å². The van der Waals surface area contributed by atoms with E-state index >= 15 is 0 Å². The lowest BCUT2D eigenvalue weighted by molar-refractivity contribution is -0.202. The Morgan fingerprint density at radius 3 is 2.42 bits per heavy atom. The summed E-state index contributed by atoms with van der Waals surface area (Å²) in [5.74, 6) is 0. The first kappa shape index (κ1) is 11.4. The van der Waals surface area contributed by atoms with Crippen LogP contribution in [0.5, 0.6) is 0 Å². The molecule has 2 N–H and O–H groups in total. The van der Waals surface area contributed by atoms with E-state index in [4.69, 9.17) is 5.11 Å². The maximum absolute atomic E-state index is 11.7. The highest BCUT2D eigenvalue weighted by molar-refractivity contribution is 4.82. The Kier molecular flexibility index (Phi) is 4.26. The molecule has 0 aromatic heterocycles. The molecule has 72 valence electrons. The van der Waals surface area contributed by atoms with Crippen LogP contribution < -0.4 is 5.32 Å². The number of alkyl halides is 3. The minimum atomic E-state index is -4.55. The number of hydrogen-bond donors (Lipinski definition) is 2. The minimum Gasteiger partial charge on any atom is -0.382 e. The van der Waals surface area contributed by atoms with Gasteiger partial charge >= 0.3 is 6.18 Å². The molecule has 0 aliphatic rings. The third-order valence-electron chi connectivity index (χ3n) is 1.36. The largest absolute Gasteiger partial charge is 0.415 e. The van der Waals surface area contributed by atoms with E-state index in [0.717, 1.165) is 0 Å². The van der Waals surface area contributed by atoms with Gasteiger partial charge in [-0.05, 0) is 6.92 Å². The lowest BCUT2D eigenvalue weighted by Crippen LogP contribution is -2.40. The first-order valence-corrected chi connectivity index (χ1v) is 3.48. The van der Waals surface area contributed by atoms with E-state index in [0.29, 0.717) is 0 Å². The summed E-state index contributed by atoms with van der Waals surface area (Å²) < 4.78 is 35.1. The predicted octanol–water partition coefficient (Wildman–Crippen LogP) is 1.07. The van der Waals surface area contributed by atoms with Gasteiger partial charge < -0.3 is 10.4 Å². The SMILES string of the molecule is C=CC(C)NCC(O)C(F)(F)F. The molecule has 0 rings (SSSR count). The van der Waals surface area contributed by atoms with Crippen LogP contribution >= 0.6 is 0 Å². The molecule has 0 saturated heterocycles. The van der Waals surface area contributed by atoms with Crippen LogP contribution in [-0.2, 0) is 0 Å². The van der Waals surface area contributed by atoms with Gasteiger partial charge in [-0.25, -0.2) is 0 Å². The highest BCUT2D eigenvalue weighted by atomic mass is 19.4. The summed E-state index contributed by atoms with van der Waals surface area (Å²) in [6.45, 7) is 4.52. The molecule has 0 fully saturated rings. The monoisotopic (exact) mass is 183 g/mol. The van der Waals surface area contributed by atoms with Crippen molar-refractivity contribution in [2.45, 2.75) is 25.2 Å². The minimum absolute atomic E-state index is 0.234. The van der Waals surface area contributed by atoms with Gasteiger partial charge in [0.15, 0.2) is 6.10 Å². The molecule has 0 aromatic rings. The normalized spacial score (nSPS) is 17.1. The van der Waals surface area contributed by atoms with Crippen LogP contribution in [0.2, 0.25) is 0 Å². The molecule has 5 heteroatoms. The quantitative estimate of drug-likeness (QED) is 0.639. The molecular formula is C7H12F3NO. The fourth-order valence-corrected chi connectivity index (χ4v) is 0.497. The maximum atomic E-state index is 11.7. The Labute approximate surface area is 69.1 Å². The second kappa shape index (κ2) is 4.47. The smallest absolute Gasteiger partial charge is 0.382 e. The van der Waals surface area contributed by atoms with Crippen molar-refractivity contribution < 1.29 is 18.3 Å². The summed E-state index contributed by atoms with van der Waals surface area (Å²) in [5, 5.41) is 11.0. The molecule has 0 aromatic carbocycles. The lowest BCUT2D eigenvalue weighted by atomic mass is 10.3. The molecule has 0 amide bonds. The number of aliphatic hydroxyl groups is 1. The molecule has 0 saturated carbocycles. The zero-order chi connectivity index (χ0) is 9.78. The Balaban J connectivity index is 3.71. The van der Waals surface area contributed by atoms with Gasteiger partial charge in [0.05, 0.1) is 0 Å². The average Bonchev–Trinajstić information content (AvgIpc) is 1.97. The summed E-state index contributed by atoms with van der Waals surface area (Å²) in [4.78, 5) is 0. The van der Waals surface area contributed by atoms with Crippen molar-refractivity contribution in [3.05, 3.63) is 12.7 Å². The molecule has 0 bridgehead atoms. The summed E-state index contributed by atoms with van der Waals surface area (Å²) in [5.41, 5.74) is 0. The van der Waals surface area contributed by atoms with Crippen molar-refractivity contribution in [2.24, 2.45) is 0 Å². The molecule has 0 heterocycles. The molecule has 2 atom stereocenters. The van der Waals surface area contributed by atoms with Crippen molar-refractivity contribution in [3.63, 3.8) is 0 Å². The Morgan fingerprint density at radius 2 is 2.08 bits per heavy atom. The van der Waals surface area contributed by atoms with Crippen molar-refractivity contribution in [3.8, 4) is 0 Å². The van der Waals surface area contributed by atoms with Crippen molar-refractivity contribution in [1.82, 2.24) is 5.32 Å². The molecule has 0 aliphatic carbocycles. The van der Waals surface area contributed by atoms with Crippen LogP contribution in [0, 0.1) is 0 Å². The Hall–Kier alpha value is -0.550. The van der Waals surface area contributed by atoms with E-state index in [-0.39, 0.29) is 6.04 Å². The molecule has 0 radical (unpaired) electrons. The highest BCUT2D eigenvalue weighted by Crippen LogP contribution is 2.19. The van der Waals surface area contributed by atoms with Gasteiger partial charge in [-0.1, -0.05) is 6.08 Å². The molecule has 2 nitrogen and oxygen atoms in total. The third kappa shape index (κ3) is 4.35. The molecular weight excluding hydrogens is 171 g/mol. The fraction of sp³-hybridized carbons (Fsp3) is 0.714. The van der Waals surface area contributed by atoms with Gasteiger partial charge in [-0.2, -0.15) is 13.2 Å². The van der Waals surface area contributed by atoms with Gasteiger partial charge in [-0.3, -0.25) is 0 Å². The molecule has 2 unspecified atom stereocenters. The second-order valence-corrected chi connectivity index (χ2v) is 2.49. The zero-order valence-electron chi connectivity index (χ0n) is 6.73. The van der Waals surface area contributed by atoms with Gasteiger partial charge in [0, 0.05) is 12.6 Å². The van der Waals surface area contributed by atoms with Gasteiger partial charge in [-0.15, -0.1) is 6.58 Å². The third-order valence-corrected chi connectivity index (χ3v) is 1.36. The first-order chi connectivity index (χ1) is 5.38. The van der Waals surface area contributed by atoms with Crippen LogP contribution in [0.25, 0.3) is 0 Å². The topological polar surface area (TPSA) is 32.3 Å². The van der Waals surface area contributed by atoms with Gasteiger partial charge in [0.25, 0.3) is 0 Å². The van der Waals surface area contributed by atoms with Gasteiger partial charge in [0.1, 0.15) is 0 Å². The molecule has 0 spiro atoms. The van der Waals surface area contributed by atoms with E-state index in [2.05, 4.69) is 11.9 Å². The van der Waals surface area contributed by atoms with E-state index < -0.39 is 18.8 Å². The van der Waals surface area contributed by atoms with E-state index in [1.165, 1.54) is 6.08 Å². The van der Waals surface area contributed by atoms with E-state index in [1.54, 1.807) is 6.92 Å². The first-order valence-electron chi connectivity index (χ1n) is 3.48. The maximum Gasteiger partial charge on any atom is 0.415 e. The van der Waals surface area contributed by atoms with Crippen molar-refractivity contribution >= 4 is 0 Å². The van der Waals surface area contributed by atoms with Crippen LogP contribution in [0.3, 0.4) is 0 Å². The highest BCUT2D eigenvalue weighted by Gasteiger charge is 2.37. The molecule has 12 heavy (non-hydrogen) atoms. The van der Waals surface area contributed by atoms with Crippen LogP contribution in [-0.4, -0.2) is 30.0 Å². The number of hydrogen-bond acceptors (Lipinski definition) is 2. The van der Waals surface area contributed by atoms with Gasteiger partial charge in [0.2, 0.25) is 0 Å². The summed E-state index contributed by atoms with van der Waals surface area (Å²) in [6.07, 6.45) is -5.39. The Bertz CT molecular complexity index is 146. The van der Waals surface area contributed by atoms with Crippen LogP contribution in [0.4, 0.5) is 13.2 Å². The number of nitrogens with one attached hydrogen (secondary N) is 1. The van der Waals surface area contributed by atoms with Crippen molar-refractivity contribution in [1.29, 1.82) is 0 Å². The fourth-order valence-electron chi connectivity index (χ4n) is 0.497. The average molecular weight is 183 g/mol.